The predicted molar refractivity (Wildman–Crippen MR) is 93.6 cm³/mol. The molecule has 3 aliphatic heterocycles. The van der Waals surface area contributed by atoms with Gasteiger partial charge in [0.15, 0.2) is 0 Å². The van der Waals surface area contributed by atoms with Gasteiger partial charge in [-0.2, -0.15) is 0 Å². The standard InChI is InChI=1S/C21H23NO2/c23-21(18-13-15-10-11-20(18)24-15)22-12-4-9-19(22)17-8-3-6-14-5-1-2-7-16(14)17/h1-3,5-8,15,18-20H,4,9-13H2/t15-,18+,19-,20-/m1/s1. The van der Waals surface area contributed by atoms with Crippen molar-refractivity contribution in [2.75, 3.05) is 6.54 Å². The van der Waals surface area contributed by atoms with Crippen molar-refractivity contribution in [1.29, 1.82) is 0 Å². The van der Waals surface area contributed by atoms with Crippen LogP contribution in [0, 0.1) is 5.92 Å². The molecule has 3 saturated heterocycles. The molecule has 0 spiro atoms. The van der Waals surface area contributed by atoms with Crippen LogP contribution in [0.1, 0.15) is 43.7 Å². The van der Waals surface area contributed by atoms with Gasteiger partial charge < -0.3 is 9.64 Å². The highest BCUT2D eigenvalue weighted by Gasteiger charge is 2.47. The van der Waals surface area contributed by atoms with E-state index in [0.717, 1.165) is 38.6 Å². The van der Waals surface area contributed by atoms with Crippen molar-refractivity contribution >= 4 is 16.7 Å². The van der Waals surface area contributed by atoms with Crippen molar-refractivity contribution in [3.8, 4) is 0 Å². The Morgan fingerprint density at radius 2 is 1.92 bits per heavy atom. The molecule has 0 aromatic heterocycles. The van der Waals surface area contributed by atoms with E-state index in [-0.39, 0.29) is 18.1 Å². The van der Waals surface area contributed by atoms with Crippen LogP contribution in [0.15, 0.2) is 42.5 Å². The normalized spacial score (nSPS) is 31.9. The lowest BCUT2D eigenvalue weighted by molar-refractivity contribution is -0.138. The second-order valence-corrected chi connectivity index (χ2v) is 7.47. The Bertz CT molecular complexity index is 781. The monoisotopic (exact) mass is 321 g/mol. The number of benzene rings is 2. The van der Waals surface area contributed by atoms with E-state index in [0.29, 0.717) is 12.0 Å². The number of fused-ring (bicyclic) bond motifs is 3. The molecule has 2 aromatic rings. The molecule has 0 saturated carbocycles. The molecule has 124 valence electrons. The van der Waals surface area contributed by atoms with Gasteiger partial charge in [0.05, 0.1) is 24.2 Å². The Hall–Kier alpha value is -1.87. The van der Waals surface area contributed by atoms with Crippen LogP contribution in [0.2, 0.25) is 0 Å². The fourth-order valence-electron chi connectivity index (χ4n) is 5.01. The van der Waals surface area contributed by atoms with Crippen molar-refractivity contribution in [2.45, 2.75) is 50.4 Å². The molecule has 0 aliphatic carbocycles. The fourth-order valence-corrected chi connectivity index (χ4v) is 5.01. The highest BCUT2D eigenvalue weighted by atomic mass is 16.5. The van der Waals surface area contributed by atoms with Crippen molar-refractivity contribution in [2.24, 2.45) is 5.92 Å². The number of hydrogen-bond acceptors (Lipinski definition) is 2. The van der Waals surface area contributed by atoms with E-state index in [4.69, 9.17) is 4.74 Å². The lowest BCUT2D eigenvalue weighted by Crippen LogP contribution is -2.39. The minimum atomic E-state index is 0.0966. The molecule has 2 bridgehead atoms. The maximum absolute atomic E-state index is 13.2. The van der Waals surface area contributed by atoms with Gasteiger partial charge in [-0.25, -0.2) is 0 Å². The number of ether oxygens (including phenoxy) is 1. The van der Waals surface area contributed by atoms with Gasteiger partial charge in [-0.05, 0) is 48.4 Å². The molecule has 24 heavy (non-hydrogen) atoms. The second-order valence-electron chi connectivity index (χ2n) is 7.47. The van der Waals surface area contributed by atoms with Gasteiger partial charge in [-0.3, -0.25) is 4.79 Å². The van der Waals surface area contributed by atoms with E-state index in [1.165, 1.54) is 16.3 Å². The smallest absolute Gasteiger partial charge is 0.228 e. The van der Waals surface area contributed by atoms with Crippen LogP contribution in [0.3, 0.4) is 0 Å². The molecule has 3 aliphatic rings. The summed E-state index contributed by atoms with van der Waals surface area (Å²) >= 11 is 0. The molecule has 4 atom stereocenters. The van der Waals surface area contributed by atoms with Gasteiger partial charge in [-0.1, -0.05) is 42.5 Å². The molecule has 3 nitrogen and oxygen atoms in total. The Kier molecular flexibility index (Phi) is 3.37. The average molecular weight is 321 g/mol. The Balaban J connectivity index is 1.48. The van der Waals surface area contributed by atoms with E-state index in [2.05, 4.69) is 47.4 Å². The summed E-state index contributed by atoms with van der Waals surface area (Å²) in [5, 5.41) is 2.55. The first kappa shape index (κ1) is 14.5. The quantitative estimate of drug-likeness (QED) is 0.834. The summed E-state index contributed by atoms with van der Waals surface area (Å²) in [5.41, 5.74) is 1.31. The number of hydrogen-bond donors (Lipinski definition) is 0. The molecule has 3 heteroatoms. The lowest BCUT2D eigenvalue weighted by Gasteiger charge is -2.30. The average Bonchev–Trinajstić information content (AvgIpc) is 3.36. The molecule has 3 heterocycles. The van der Waals surface area contributed by atoms with Crippen LogP contribution in [-0.2, 0) is 9.53 Å². The number of nitrogens with zero attached hydrogens (tertiary/aromatic N) is 1. The third-order valence-electron chi connectivity index (χ3n) is 6.14. The zero-order valence-corrected chi connectivity index (χ0v) is 13.9. The van der Waals surface area contributed by atoms with Gasteiger partial charge >= 0.3 is 0 Å². The van der Waals surface area contributed by atoms with E-state index in [1.807, 2.05) is 0 Å². The molecule has 0 unspecified atom stereocenters. The van der Waals surface area contributed by atoms with Crippen LogP contribution < -0.4 is 0 Å². The third kappa shape index (κ3) is 2.18. The summed E-state index contributed by atoms with van der Waals surface area (Å²) in [7, 11) is 0. The number of likely N-dealkylation sites (tertiary alicyclic amines) is 1. The summed E-state index contributed by atoms with van der Waals surface area (Å²) in [6.07, 6.45) is 5.82. The lowest BCUT2D eigenvalue weighted by atomic mass is 9.87. The van der Waals surface area contributed by atoms with Crippen LogP contribution in [0.25, 0.3) is 10.8 Å². The Morgan fingerprint density at radius 3 is 2.75 bits per heavy atom. The highest BCUT2D eigenvalue weighted by Crippen LogP contribution is 2.43. The minimum absolute atomic E-state index is 0.0966. The maximum atomic E-state index is 13.2. The largest absolute Gasteiger partial charge is 0.374 e. The summed E-state index contributed by atoms with van der Waals surface area (Å²) < 4.78 is 5.93. The first-order valence-corrected chi connectivity index (χ1v) is 9.25. The van der Waals surface area contributed by atoms with Crippen LogP contribution >= 0.6 is 0 Å². The summed E-state index contributed by atoms with van der Waals surface area (Å²) in [6, 6.07) is 15.2. The topological polar surface area (TPSA) is 29.5 Å². The zero-order chi connectivity index (χ0) is 16.1. The van der Waals surface area contributed by atoms with Crippen LogP contribution in [-0.4, -0.2) is 29.6 Å². The predicted octanol–water partition coefficient (Wildman–Crippen LogP) is 4.07. The maximum Gasteiger partial charge on any atom is 0.228 e. The van der Waals surface area contributed by atoms with Crippen molar-refractivity contribution in [1.82, 2.24) is 4.90 Å². The number of amides is 1. The Morgan fingerprint density at radius 1 is 1.04 bits per heavy atom. The SMILES string of the molecule is O=C([C@H]1C[C@H]2CC[C@H]1O2)N1CCC[C@@H]1c1cccc2ccccc12. The van der Waals surface area contributed by atoms with Gasteiger partial charge in [0, 0.05) is 6.54 Å². The van der Waals surface area contributed by atoms with E-state index in [9.17, 15) is 4.79 Å². The molecule has 1 amide bonds. The van der Waals surface area contributed by atoms with Crippen LogP contribution in [0.4, 0.5) is 0 Å². The van der Waals surface area contributed by atoms with E-state index >= 15 is 0 Å². The van der Waals surface area contributed by atoms with E-state index in [1.54, 1.807) is 0 Å². The molecule has 0 N–H and O–H groups in total. The first-order valence-electron chi connectivity index (χ1n) is 9.25. The number of carbonyl (C=O) groups excluding carboxylic acids is 1. The van der Waals surface area contributed by atoms with Crippen molar-refractivity contribution in [3.05, 3.63) is 48.0 Å². The second kappa shape index (κ2) is 5.59. The van der Waals surface area contributed by atoms with E-state index < -0.39 is 0 Å². The molecule has 0 radical (unpaired) electrons. The molecular weight excluding hydrogens is 298 g/mol. The third-order valence-corrected chi connectivity index (χ3v) is 6.14. The summed E-state index contributed by atoms with van der Waals surface area (Å²) in [6.45, 7) is 0.889. The first-order chi connectivity index (χ1) is 11.8. The number of rotatable bonds is 2. The van der Waals surface area contributed by atoms with Crippen molar-refractivity contribution in [3.63, 3.8) is 0 Å². The van der Waals surface area contributed by atoms with Crippen molar-refractivity contribution < 1.29 is 9.53 Å². The molecular formula is C21H23NO2. The molecule has 5 rings (SSSR count). The van der Waals surface area contributed by atoms with Gasteiger partial charge in [0.1, 0.15) is 0 Å². The highest BCUT2D eigenvalue weighted by molar-refractivity contribution is 5.87. The van der Waals surface area contributed by atoms with Gasteiger partial charge in [0.25, 0.3) is 0 Å². The van der Waals surface area contributed by atoms with Gasteiger partial charge in [-0.15, -0.1) is 0 Å². The fraction of sp³-hybridized carbons (Fsp3) is 0.476. The van der Waals surface area contributed by atoms with Gasteiger partial charge in [0.2, 0.25) is 5.91 Å². The van der Waals surface area contributed by atoms with Crippen LogP contribution in [0.5, 0.6) is 0 Å². The zero-order valence-electron chi connectivity index (χ0n) is 13.9. The number of carbonyl (C=O) groups is 1. The Labute approximate surface area is 142 Å². The summed E-state index contributed by atoms with van der Waals surface area (Å²) in [5.74, 6) is 0.428. The molecule has 3 fully saturated rings. The molecule has 2 aromatic carbocycles. The minimum Gasteiger partial charge on any atom is -0.374 e. The summed E-state index contributed by atoms with van der Waals surface area (Å²) in [4.78, 5) is 15.4.